The van der Waals surface area contributed by atoms with Crippen LogP contribution in [0.3, 0.4) is 0 Å². The van der Waals surface area contributed by atoms with Gasteiger partial charge in [0.25, 0.3) is 0 Å². The number of halogens is 1. The molecule has 0 aliphatic rings. The van der Waals surface area contributed by atoms with Crippen molar-refractivity contribution >= 4 is 21.9 Å². The van der Waals surface area contributed by atoms with Crippen LogP contribution in [0, 0.1) is 6.92 Å². The maximum Gasteiger partial charge on any atom is 0.311 e. The third-order valence-corrected chi connectivity index (χ3v) is 5.50. The molecule has 0 unspecified atom stereocenters. The lowest BCUT2D eigenvalue weighted by Gasteiger charge is -2.11. The van der Waals surface area contributed by atoms with E-state index in [1.54, 1.807) is 0 Å². The minimum absolute atomic E-state index is 0.254. The molecular formula is C26H27BrO3. The second kappa shape index (κ2) is 10.4. The normalized spacial score (nSPS) is 10.8. The van der Waals surface area contributed by atoms with E-state index in [0.29, 0.717) is 31.1 Å². The zero-order valence-electron chi connectivity index (χ0n) is 17.7. The number of benzene rings is 3. The van der Waals surface area contributed by atoms with Crippen molar-refractivity contribution in [1.29, 1.82) is 0 Å². The van der Waals surface area contributed by atoms with E-state index < -0.39 is 0 Å². The molecule has 156 valence electrons. The van der Waals surface area contributed by atoms with Crippen LogP contribution in [0.15, 0.2) is 71.2 Å². The zero-order chi connectivity index (χ0) is 21.5. The molecule has 0 aromatic heterocycles. The molecule has 0 atom stereocenters. The van der Waals surface area contributed by atoms with Crippen LogP contribution >= 0.6 is 15.9 Å². The minimum Gasteiger partial charge on any atom is -0.492 e. The first-order valence-corrected chi connectivity index (χ1v) is 11.0. The Hall–Kier alpha value is -2.59. The standard InChI is InChI=1S/C26H27BrO3/c1-18(2)22-12-15-25(24(27)17-22)29-16-4-5-26(28)30-23-13-10-21(11-14-23)20-8-6-19(3)7-9-20/h6-15,17-18H,4-5,16H2,1-3H3. The Morgan fingerprint density at radius 2 is 1.57 bits per heavy atom. The number of carbonyl (C=O) groups excluding carboxylic acids is 1. The quantitative estimate of drug-likeness (QED) is 0.198. The van der Waals surface area contributed by atoms with E-state index in [2.05, 4.69) is 73.1 Å². The molecule has 3 rings (SSSR count). The third kappa shape index (κ3) is 6.20. The molecule has 0 amide bonds. The van der Waals surface area contributed by atoms with Crippen molar-refractivity contribution in [3.63, 3.8) is 0 Å². The molecule has 30 heavy (non-hydrogen) atoms. The molecule has 3 nitrogen and oxygen atoms in total. The van der Waals surface area contributed by atoms with Gasteiger partial charge in [-0.1, -0.05) is 61.9 Å². The van der Waals surface area contributed by atoms with Gasteiger partial charge in [0.1, 0.15) is 11.5 Å². The molecule has 0 bridgehead atoms. The van der Waals surface area contributed by atoms with Gasteiger partial charge in [-0.2, -0.15) is 0 Å². The van der Waals surface area contributed by atoms with Crippen LogP contribution in [0.25, 0.3) is 11.1 Å². The Balaban J connectivity index is 1.44. The lowest BCUT2D eigenvalue weighted by molar-refractivity contribution is -0.134. The molecule has 0 radical (unpaired) electrons. The molecule has 0 saturated heterocycles. The highest BCUT2D eigenvalue weighted by Gasteiger charge is 2.08. The summed E-state index contributed by atoms with van der Waals surface area (Å²) in [6, 6.07) is 22.1. The lowest BCUT2D eigenvalue weighted by Crippen LogP contribution is -2.10. The second-order valence-corrected chi connectivity index (χ2v) is 8.52. The Morgan fingerprint density at radius 3 is 2.17 bits per heavy atom. The van der Waals surface area contributed by atoms with Gasteiger partial charge in [0.15, 0.2) is 0 Å². The predicted molar refractivity (Wildman–Crippen MR) is 125 cm³/mol. The molecule has 3 aromatic rings. The predicted octanol–water partition coefficient (Wildman–Crippen LogP) is 7.31. The first-order valence-electron chi connectivity index (χ1n) is 10.2. The van der Waals surface area contributed by atoms with Crippen LogP contribution in [0.1, 0.15) is 43.7 Å². The Morgan fingerprint density at radius 1 is 0.933 bits per heavy atom. The molecule has 0 fully saturated rings. The summed E-state index contributed by atoms with van der Waals surface area (Å²) < 4.78 is 12.2. The first kappa shape index (κ1) is 22.1. The highest BCUT2D eigenvalue weighted by molar-refractivity contribution is 9.10. The third-order valence-electron chi connectivity index (χ3n) is 4.88. The van der Waals surface area contributed by atoms with E-state index in [9.17, 15) is 4.79 Å². The zero-order valence-corrected chi connectivity index (χ0v) is 19.2. The maximum atomic E-state index is 12.1. The smallest absolute Gasteiger partial charge is 0.311 e. The fourth-order valence-corrected chi connectivity index (χ4v) is 3.55. The molecule has 0 heterocycles. The van der Waals surface area contributed by atoms with Gasteiger partial charge in [-0.25, -0.2) is 0 Å². The van der Waals surface area contributed by atoms with Crippen LogP contribution in [-0.2, 0) is 4.79 Å². The van der Waals surface area contributed by atoms with Crippen LogP contribution in [0.2, 0.25) is 0 Å². The van der Waals surface area contributed by atoms with Crippen molar-refractivity contribution in [2.75, 3.05) is 6.61 Å². The average Bonchev–Trinajstić information content (AvgIpc) is 2.73. The van der Waals surface area contributed by atoms with E-state index in [1.807, 2.05) is 30.3 Å². The summed E-state index contributed by atoms with van der Waals surface area (Å²) in [6.45, 7) is 6.84. The fraction of sp³-hybridized carbons (Fsp3) is 0.269. The molecule has 3 aromatic carbocycles. The Bertz CT molecular complexity index is 976. The summed E-state index contributed by atoms with van der Waals surface area (Å²) in [5, 5.41) is 0. The van der Waals surface area contributed by atoms with E-state index in [0.717, 1.165) is 21.3 Å². The number of hydrogen-bond donors (Lipinski definition) is 0. The van der Waals surface area contributed by atoms with Gasteiger partial charge >= 0.3 is 5.97 Å². The summed E-state index contributed by atoms with van der Waals surface area (Å²) in [5.74, 6) is 1.57. The number of hydrogen-bond acceptors (Lipinski definition) is 3. The van der Waals surface area contributed by atoms with E-state index in [1.165, 1.54) is 11.1 Å². The minimum atomic E-state index is -0.254. The van der Waals surface area contributed by atoms with E-state index >= 15 is 0 Å². The first-order chi connectivity index (χ1) is 14.4. The van der Waals surface area contributed by atoms with Gasteiger partial charge in [0, 0.05) is 6.42 Å². The number of ether oxygens (including phenoxy) is 2. The van der Waals surface area contributed by atoms with Crippen molar-refractivity contribution in [3.05, 3.63) is 82.3 Å². The van der Waals surface area contributed by atoms with Gasteiger partial charge < -0.3 is 9.47 Å². The van der Waals surface area contributed by atoms with Gasteiger partial charge in [-0.05, 0) is 76.1 Å². The molecule has 0 N–H and O–H groups in total. The second-order valence-electron chi connectivity index (χ2n) is 7.66. The highest BCUT2D eigenvalue weighted by atomic mass is 79.9. The summed E-state index contributed by atoms with van der Waals surface area (Å²) >= 11 is 3.55. The van der Waals surface area contributed by atoms with Crippen molar-refractivity contribution in [1.82, 2.24) is 0 Å². The van der Waals surface area contributed by atoms with Gasteiger partial charge in [0.2, 0.25) is 0 Å². The maximum absolute atomic E-state index is 12.1. The number of esters is 1. The molecular weight excluding hydrogens is 440 g/mol. The van der Waals surface area contributed by atoms with Crippen molar-refractivity contribution in [2.45, 2.75) is 39.5 Å². The largest absolute Gasteiger partial charge is 0.492 e. The Labute approximate surface area is 187 Å². The molecule has 0 spiro atoms. The van der Waals surface area contributed by atoms with Crippen LogP contribution in [0.4, 0.5) is 0 Å². The molecule has 0 saturated carbocycles. The van der Waals surface area contributed by atoms with Crippen LogP contribution < -0.4 is 9.47 Å². The lowest BCUT2D eigenvalue weighted by atomic mass is 10.0. The SMILES string of the molecule is Cc1ccc(-c2ccc(OC(=O)CCCOc3ccc(C(C)C)cc3Br)cc2)cc1. The van der Waals surface area contributed by atoms with E-state index in [4.69, 9.17) is 9.47 Å². The van der Waals surface area contributed by atoms with Gasteiger partial charge in [0.05, 0.1) is 11.1 Å². The number of aryl methyl sites for hydroxylation is 1. The fourth-order valence-electron chi connectivity index (χ4n) is 3.04. The average molecular weight is 467 g/mol. The molecule has 4 heteroatoms. The number of rotatable bonds is 8. The van der Waals surface area contributed by atoms with Crippen LogP contribution in [0.5, 0.6) is 11.5 Å². The van der Waals surface area contributed by atoms with Crippen molar-refractivity contribution < 1.29 is 14.3 Å². The van der Waals surface area contributed by atoms with Gasteiger partial charge in [-0.15, -0.1) is 0 Å². The molecule has 0 aliphatic carbocycles. The number of carbonyl (C=O) groups is 1. The topological polar surface area (TPSA) is 35.5 Å². The summed E-state index contributed by atoms with van der Waals surface area (Å²) in [5.41, 5.74) is 4.72. The van der Waals surface area contributed by atoms with Gasteiger partial charge in [-0.3, -0.25) is 4.79 Å². The summed E-state index contributed by atoms with van der Waals surface area (Å²) in [7, 11) is 0. The van der Waals surface area contributed by atoms with Crippen molar-refractivity contribution in [3.8, 4) is 22.6 Å². The highest BCUT2D eigenvalue weighted by Crippen LogP contribution is 2.29. The Kier molecular flexibility index (Phi) is 7.69. The van der Waals surface area contributed by atoms with Crippen molar-refractivity contribution in [2.24, 2.45) is 0 Å². The molecule has 0 aliphatic heterocycles. The summed E-state index contributed by atoms with van der Waals surface area (Å²) in [4.78, 5) is 12.1. The van der Waals surface area contributed by atoms with E-state index in [-0.39, 0.29) is 5.97 Å². The summed E-state index contributed by atoms with van der Waals surface area (Å²) in [6.07, 6.45) is 0.903. The van der Waals surface area contributed by atoms with Crippen LogP contribution in [-0.4, -0.2) is 12.6 Å². The monoisotopic (exact) mass is 466 g/mol.